The minimum atomic E-state index is -2.52. The van der Waals surface area contributed by atoms with E-state index in [0.29, 0.717) is 55.4 Å². The molecule has 0 atom stereocenters. The third kappa shape index (κ3) is 8.27. The molecule has 0 aliphatic heterocycles. The van der Waals surface area contributed by atoms with Crippen LogP contribution in [0.3, 0.4) is 0 Å². The van der Waals surface area contributed by atoms with Gasteiger partial charge < -0.3 is 14.4 Å². The van der Waals surface area contributed by atoms with Gasteiger partial charge in [0.1, 0.15) is 5.58 Å². The van der Waals surface area contributed by atoms with Crippen molar-refractivity contribution in [3.05, 3.63) is 167 Å². The Hall–Kier alpha value is -5.41. The van der Waals surface area contributed by atoms with Gasteiger partial charge >= 0.3 is 0 Å². The second kappa shape index (κ2) is 16.7. The average Bonchev–Trinajstić information content (AvgIpc) is 3.64. The molecule has 3 heterocycles. The Balaban J connectivity index is 0.000000289. The topological polar surface area (TPSA) is 38.9 Å². The van der Waals surface area contributed by atoms with Crippen LogP contribution in [0.5, 0.6) is 0 Å². The quantitative estimate of drug-likeness (QED) is 0.127. The zero-order valence-corrected chi connectivity index (χ0v) is 36.6. The van der Waals surface area contributed by atoms with Crippen molar-refractivity contribution in [2.75, 3.05) is 0 Å². The van der Waals surface area contributed by atoms with Crippen molar-refractivity contribution < 1.29 is 39.6 Å². The van der Waals surface area contributed by atoms with Crippen LogP contribution in [0, 0.1) is 32.7 Å². The standard InChI is InChI=1S/C39H34NO.C16H18N.Ir/c1-22(2)27-14-16-30(32(17-27)23(3)4)33-19-36(40-21-25(33)6)31-15-11-24(5)38-35-18-28-13-12-26-9-7-8-10-29(26)34(28)20-37(35)41-39(31)38;1-12-5-7-13(8-6-12)15-10-9-14(11-17-15)16(2,3)4;/h7-14,16-23H,1-6H3;5-7,9-11H,1-4H3;/q2*-1;/i5D3,6D3,22D,23D;1D3;. The van der Waals surface area contributed by atoms with E-state index in [0.717, 1.165) is 32.8 Å². The van der Waals surface area contributed by atoms with E-state index >= 15 is 0 Å². The minimum Gasteiger partial charge on any atom is -0.501 e. The summed E-state index contributed by atoms with van der Waals surface area (Å²) in [5, 5.41) is 5.10. The van der Waals surface area contributed by atoms with Gasteiger partial charge in [0.15, 0.2) is 0 Å². The van der Waals surface area contributed by atoms with Crippen LogP contribution in [0.15, 0.2) is 126 Å². The summed E-state index contributed by atoms with van der Waals surface area (Å²) in [6, 6.07) is 39.5. The van der Waals surface area contributed by atoms with Gasteiger partial charge in [0, 0.05) is 53.0 Å². The van der Waals surface area contributed by atoms with E-state index in [-0.39, 0.29) is 42.2 Å². The third-order valence-corrected chi connectivity index (χ3v) is 10.7. The molecule has 9 rings (SSSR count). The number of pyridine rings is 2. The molecule has 0 fully saturated rings. The number of nitrogens with zero attached hydrogens (tertiary/aromatic N) is 2. The molecule has 6 aromatic carbocycles. The number of hydrogen-bond acceptors (Lipinski definition) is 3. The second-order valence-electron chi connectivity index (χ2n) is 16.3. The maximum absolute atomic E-state index is 8.98. The number of benzene rings is 6. The van der Waals surface area contributed by atoms with Crippen LogP contribution in [0.4, 0.5) is 0 Å². The summed E-state index contributed by atoms with van der Waals surface area (Å²) in [6.07, 6.45) is 3.18. The maximum atomic E-state index is 8.98. The van der Waals surface area contributed by atoms with Crippen molar-refractivity contribution >= 4 is 43.5 Å². The molecule has 9 aromatic rings. The molecular weight excluding hydrogens is 897 g/mol. The summed E-state index contributed by atoms with van der Waals surface area (Å²) in [4.78, 5) is 9.03. The smallest absolute Gasteiger partial charge is 0.121 e. The zero-order chi connectivity index (χ0) is 50.2. The predicted molar refractivity (Wildman–Crippen MR) is 246 cm³/mol. The van der Waals surface area contributed by atoms with E-state index in [9.17, 15) is 0 Å². The van der Waals surface area contributed by atoms with Crippen molar-refractivity contribution in [3.8, 4) is 33.6 Å². The van der Waals surface area contributed by atoms with Crippen LogP contribution >= 0.6 is 0 Å². The first-order valence-corrected chi connectivity index (χ1v) is 19.4. The molecule has 0 saturated carbocycles. The fourth-order valence-corrected chi connectivity index (χ4v) is 7.41. The molecule has 0 saturated heterocycles. The van der Waals surface area contributed by atoms with Gasteiger partial charge in [-0.2, -0.15) is 0 Å². The Morgan fingerprint density at radius 2 is 1.46 bits per heavy atom. The molecule has 0 bridgehead atoms. The van der Waals surface area contributed by atoms with Gasteiger partial charge in [-0.05, 0) is 103 Å². The molecule has 0 aliphatic rings. The normalized spacial score (nSPS) is 15.5. The van der Waals surface area contributed by atoms with Crippen molar-refractivity contribution in [1.29, 1.82) is 0 Å². The molecule has 0 N–H and O–H groups in total. The van der Waals surface area contributed by atoms with Gasteiger partial charge in [-0.3, -0.25) is 0 Å². The van der Waals surface area contributed by atoms with Gasteiger partial charge in [0.05, 0.1) is 5.58 Å². The van der Waals surface area contributed by atoms with Gasteiger partial charge in [0.25, 0.3) is 0 Å². The van der Waals surface area contributed by atoms with Crippen molar-refractivity contribution in [2.24, 2.45) is 0 Å². The Morgan fingerprint density at radius 1 is 0.661 bits per heavy atom. The first-order chi connectivity index (χ1) is 32.0. The monoisotopic (exact) mass is 960 g/mol. The fraction of sp³-hybridized carbons (Fsp3) is 0.236. The van der Waals surface area contributed by atoms with E-state index in [1.165, 1.54) is 23.9 Å². The van der Waals surface area contributed by atoms with E-state index in [4.69, 9.17) is 19.5 Å². The van der Waals surface area contributed by atoms with Crippen molar-refractivity contribution in [3.63, 3.8) is 0 Å². The maximum Gasteiger partial charge on any atom is 0.121 e. The summed E-state index contributed by atoms with van der Waals surface area (Å²) in [5.41, 5.74) is 6.96. The molecule has 4 heteroatoms. The van der Waals surface area contributed by atoms with Crippen LogP contribution < -0.4 is 0 Å². The summed E-state index contributed by atoms with van der Waals surface area (Å²) < 4.78 is 96.3. The first kappa shape index (κ1) is 29.7. The molecule has 0 unspecified atom stereocenters. The number of aromatic nitrogens is 2. The van der Waals surface area contributed by atoms with Gasteiger partial charge in [-0.1, -0.05) is 146 Å². The molecule has 0 amide bonds. The number of furan rings is 1. The zero-order valence-electron chi connectivity index (χ0n) is 45.2. The fourth-order valence-electron chi connectivity index (χ4n) is 7.41. The third-order valence-electron chi connectivity index (χ3n) is 10.7. The molecule has 1 radical (unpaired) electrons. The summed E-state index contributed by atoms with van der Waals surface area (Å²) >= 11 is 0. The summed E-state index contributed by atoms with van der Waals surface area (Å²) in [7, 11) is 0. The molecule has 0 aliphatic carbocycles. The first-order valence-electron chi connectivity index (χ1n) is 24.9. The summed E-state index contributed by atoms with van der Waals surface area (Å²) in [5.74, 6) is -2.06. The van der Waals surface area contributed by atoms with Gasteiger partial charge in [-0.15, -0.1) is 53.1 Å². The van der Waals surface area contributed by atoms with Crippen LogP contribution in [-0.2, 0) is 25.5 Å². The summed E-state index contributed by atoms with van der Waals surface area (Å²) in [6.45, 7) is 6.35. The number of fused-ring (bicyclic) bond motifs is 6. The predicted octanol–water partition coefficient (Wildman–Crippen LogP) is 15.4. The van der Waals surface area contributed by atoms with E-state index in [2.05, 4.69) is 42.9 Å². The molecule has 3 aromatic heterocycles. The number of aryl methyl sites for hydroxylation is 3. The van der Waals surface area contributed by atoms with Gasteiger partial charge in [-0.25, -0.2) is 0 Å². The Bertz CT molecular complexity index is 3330. The number of rotatable bonds is 5. The largest absolute Gasteiger partial charge is 0.501 e. The second-order valence-corrected chi connectivity index (χ2v) is 16.3. The minimum absolute atomic E-state index is 0. The Labute approximate surface area is 378 Å². The number of hydrogen-bond donors (Lipinski definition) is 0. The molecule has 299 valence electrons. The SMILES string of the molecule is [2H]C([2H])([2H])c1c[c-]c(-c2ccc(C(C)(C)C)cn2)cc1.[2H]C([2H])([2H])c1cnc(-c2[c-]cc(C([2H])([2H])[2H])c3c2oc2cc4c(ccc5ccccc54)cc23)cc1-c1ccc(C([2H])(C)C)cc1C([2H])(C)C.[Ir]. The van der Waals surface area contributed by atoms with Crippen molar-refractivity contribution in [1.82, 2.24) is 9.97 Å². The van der Waals surface area contributed by atoms with E-state index in [1.54, 1.807) is 58.0 Å². The van der Waals surface area contributed by atoms with Crippen LogP contribution in [0.2, 0.25) is 0 Å². The molecule has 0 spiro atoms. The molecule has 3 nitrogen and oxygen atoms in total. The van der Waals surface area contributed by atoms with E-state index < -0.39 is 32.3 Å². The van der Waals surface area contributed by atoms with E-state index in [1.807, 2.05) is 72.9 Å². The molecule has 59 heavy (non-hydrogen) atoms. The van der Waals surface area contributed by atoms with Gasteiger partial charge in [0.2, 0.25) is 0 Å². The van der Waals surface area contributed by atoms with Crippen LogP contribution in [0.1, 0.15) is 109 Å². The average molecular weight is 960 g/mol. The van der Waals surface area contributed by atoms with Crippen molar-refractivity contribution in [2.45, 2.75) is 86.2 Å². The Morgan fingerprint density at radius 3 is 2.15 bits per heavy atom. The Kier molecular flexibility index (Phi) is 8.41. The van der Waals surface area contributed by atoms with Crippen LogP contribution in [-0.4, -0.2) is 9.97 Å². The van der Waals surface area contributed by atoms with Crippen LogP contribution in [0.25, 0.3) is 77.1 Å². The molecular formula is C55H52IrN2O-2.